The third kappa shape index (κ3) is 4.58. The largest absolute Gasteiger partial charge is 0.321 e. The first-order valence-electron chi connectivity index (χ1n) is 8.43. The highest BCUT2D eigenvalue weighted by Crippen LogP contribution is 2.34. The summed E-state index contributed by atoms with van der Waals surface area (Å²) in [6, 6.07) is 18.5. The molecule has 0 aromatic heterocycles. The molecule has 0 aliphatic heterocycles. The standard InChI is InChI=1S/C20H15N3O5S/c1-13-16(11-14(22(25)26)12-18(13)23(27)28)20(24)21-17-9-5-6-10-19(17)29-15-7-3-2-4-8-15/h2-12H,1H3,(H,21,24). The molecule has 0 fully saturated rings. The molecule has 146 valence electrons. The van der Waals surface area contributed by atoms with Gasteiger partial charge in [0.15, 0.2) is 0 Å². The number of para-hydroxylation sites is 1. The van der Waals surface area contributed by atoms with Crippen molar-refractivity contribution in [2.45, 2.75) is 16.7 Å². The molecule has 9 heteroatoms. The van der Waals surface area contributed by atoms with Crippen LogP contribution in [0.25, 0.3) is 0 Å². The lowest BCUT2D eigenvalue weighted by molar-refractivity contribution is -0.394. The van der Waals surface area contributed by atoms with E-state index in [1.54, 1.807) is 12.1 Å². The number of rotatable bonds is 6. The molecule has 29 heavy (non-hydrogen) atoms. The normalized spacial score (nSPS) is 10.4. The number of nitro groups is 2. The lowest BCUT2D eigenvalue weighted by atomic mass is 10.0. The summed E-state index contributed by atoms with van der Waals surface area (Å²) in [5.41, 5.74) is -0.549. The highest BCUT2D eigenvalue weighted by Gasteiger charge is 2.25. The molecule has 0 aliphatic rings. The zero-order chi connectivity index (χ0) is 21.0. The molecule has 0 aliphatic carbocycles. The maximum Gasteiger partial charge on any atom is 0.279 e. The Kier molecular flexibility index (Phi) is 5.89. The van der Waals surface area contributed by atoms with Crippen molar-refractivity contribution in [2.24, 2.45) is 0 Å². The van der Waals surface area contributed by atoms with Crippen LogP contribution in [-0.2, 0) is 0 Å². The average Bonchev–Trinajstić information content (AvgIpc) is 2.70. The molecule has 0 saturated heterocycles. The topological polar surface area (TPSA) is 115 Å². The van der Waals surface area contributed by atoms with E-state index >= 15 is 0 Å². The first-order chi connectivity index (χ1) is 13.9. The molecule has 0 atom stereocenters. The van der Waals surface area contributed by atoms with Crippen LogP contribution in [0.2, 0.25) is 0 Å². The second-order valence-electron chi connectivity index (χ2n) is 6.02. The van der Waals surface area contributed by atoms with Crippen LogP contribution < -0.4 is 5.32 Å². The molecule has 3 aromatic carbocycles. The Morgan fingerprint density at radius 1 is 0.931 bits per heavy atom. The van der Waals surface area contributed by atoms with Gasteiger partial charge in [0.1, 0.15) is 0 Å². The summed E-state index contributed by atoms with van der Waals surface area (Å²) < 4.78 is 0. The number of carbonyl (C=O) groups excluding carboxylic acids is 1. The van der Waals surface area contributed by atoms with Gasteiger partial charge in [-0.05, 0) is 31.2 Å². The average molecular weight is 409 g/mol. The van der Waals surface area contributed by atoms with E-state index in [9.17, 15) is 25.0 Å². The van der Waals surface area contributed by atoms with Crippen LogP contribution in [0.3, 0.4) is 0 Å². The second kappa shape index (κ2) is 8.53. The first kappa shape index (κ1) is 20.0. The number of nitrogens with zero attached hydrogens (tertiary/aromatic N) is 2. The van der Waals surface area contributed by atoms with Gasteiger partial charge in [-0.25, -0.2) is 0 Å². The van der Waals surface area contributed by atoms with Gasteiger partial charge in [0.2, 0.25) is 0 Å². The van der Waals surface area contributed by atoms with Crippen molar-refractivity contribution >= 4 is 34.7 Å². The smallest absolute Gasteiger partial charge is 0.279 e. The van der Waals surface area contributed by atoms with Crippen molar-refractivity contribution in [1.29, 1.82) is 0 Å². The van der Waals surface area contributed by atoms with Gasteiger partial charge in [-0.3, -0.25) is 25.0 Å². The van der Waals surface area contributed by atoms with E-state index in [0.717, 1.165) is 21.9 Å². The molecule has 1 amide bonds. The van der Waals surface area contributed by atoms with Crippen LogP contribution in [0.1, 0.15) is 15.9 Å². The molecule has 0 saturated carbocycles. The van der Waals surface area contributed by atoms with E-state index in [1.165, 1.54) is 18.7 Å². The van der Waals surface area contributed by atoms with Crippen molar-refractivity contribution in [3.8, 4) is 0 Å². The highest BCUT2D eigenvalue weighted by atomic mass is 32.2. The van der Waals surface area contributed by atoms with Crippen LogP contribution in [0.5, 0.6) is 0 Å². The van der Waals surface area contributed by atoms with Gasteiger partial charge in [-0.1, -0.05) is 42.1 Å². The number of amides is 1. The van der Waals surface area contributed by atoms with Gasteiger partial charge >= 0.3 is 0 Å². The van der Waals surface area contributed by atoms with Crippen LogP contribution in [0.4, 0.5) is 17.1 Å². The van der Waals surface area contributed by atoms with E-state index in [0.29, 0.717) is 5.69 Å². The summed E-state index contributed by atoms with van der Waals surface area (Å²) in [6.07, 6.45) is 0. The fourth-order valence-electron chi connectivity index (χ4n) is 2.68. The van der Waals surface area contributed by atoms with E-state index in [4.69, 9.17) is 0 Å². The van der Waals surface area contributed by atoms with Gasteiger partial charge in [0.25, 0.3) is 17.3 Å². The summed E-state index contributed by atoms with van der Waals surface area (Å²) in [6.45, 7) is 1.39. The Hall–Kier alpha value is -3.72. The molecule has 8 nitrogen and oxygen atoms in total. The third-order valence-corrected chi connectivity index (χ3v) is 5.21. The lowest BCUT2D eigenvalue weighted by Gasteiger charge is -2.12. The number of nitrogens with one attached hydrogen (secondary N) is 1. The lowest BCUT2D eigenvalue weighted by Crippen LogP contribution is -2.15. The Morgan fingerprint density at radius 2 is 1.59 bits per heavy atom. The Labute approximate surface area is 169 Å². The molecule has 0 spiro atoms. The monoisotopic (exact) mass is 409 g/mol. The quantitative estimate of drug-likeness (QED) is 0.441. The molecule has 0 radical (unpaired) electrons. The summed E-state index contributed by atoms with van der Waals surface area (Å²) in [5.74, 6) is -0.657. The van der Waals surface area contributed by atoms with Crippen molar-refractivity contribution in [2.75, 3.05) is 5.32 Å². The molecule has 3 rings (SSSR count). The van der Waals surface area contributed by atoms with Crippen LogP contribution in [0.15, 0.2) is 76.5 Å². The Balaban J connectivity index is 1.95. The van der Waals surface area contributed by atoms with E-state index in [2.05, 4.69) is 5.32 Å². The molecule has 1 N–H and O–H groups in total. The van der Waals surface area contributed by atoms with E-state index in [1.807, 2.05) is 42.5 Å². The minimum Gasteiger partial charge on any atom is -0.321 e. The molecular formula is C20H15N3O5S. The van der Waals surface area contributed by atoms with Gasteiger partial charge in [0, 0.05) is 21.4 Å². The number of hydrogen-bond acceptors (Lipinski definition) is 6. The minimum atomic E-state index is -0.761. The molecule has 0 heterocycles. The first-order valence-corrected chi connectivity index (χ1v) is 9.25. The predicted molar refractivity (Wildman–Crippen MR) is 109 cm³/mol. The maximum absolute atomic E-state index is 12.8. The minimum absolute atomic E-state index is 0.0614. The number of anilines is 1. The van der Waals surface area contributed by atoms with Gasteiger partial charge in [0.05, 0.1) is 27.2 Å². The summed E-state index contributed by atoms with van der Waals surface area (Å²) in [5, 5.41) is 25.1. The maximum atomic E-state index is 12.8. The van der Waals surface area contributed by atoms with Crippen LogP contribution in [0, 0.1) is 27.2 Å². The van der Waals surface area contributed by atoms with Crippen LogP contribution >= 0.6 is 11.8 Å². The van der Waals surface area contributed by atoms with Gasteiger partial charge in [-0.15, -0.1) is 0 Å². The molecule has 0 unspecified atom stereocenters. The summed E-state index contributed by atoms with van der Waals surface area (Å²) >= 11 is 1.44. The molecular weight excluding hydrogens is 394 g/mol. The number of non-ortho nitro benzene ring substituents is 1. The van der Waals surface area contributed by atoms with E-state index in [-0.39, 0.29) is 11.1 Å². The number of benzene rings is 3. The summed E-state index contributed by atoms with van der Waals surface area (Å²) in [4.78, 5) is 35.4. The SMILES string of the molecule is Cc1c(C(=O)Nc2ccccc2Sc2ccccc2)cc([N+](=O)[O-])cc1[N+](=O)[O-]. The zero-order valence-electron chi connectivity index (χ0n) is 15.2. The predicted octanol–water partition coefficient (Wildman–Crippen LogP) is 5.21. The van der Waals surface area contributed by atoms with Crippen molar-refractivity contribution in [1.82, 2.24) is 0 Å². The number of hydrogen-bond donors (Lipinski definition) is 1. The second-order valence-corrected chi connectivity index (χ2v) is 7.13. The number of carbonyl (C=O) groups is 1. The third-order valence-electron chi connectivity index (χ3n) is 4.12. The highest BCUT2D eigenvalue weighted by molar-refractivity contribution is 7.99. The van der Waals surface area contributed by atoms with Crippen molar-refractivity contribution in [3.63, 3.8) is 0 Å². The van der Waals surface area contributed by atoms with Gasteiger partial charge < -0.3 is 5.32 Å². The van der Waals surface area contributed by atoms with E-state index < -0.39 is 27.1 Å². The Bertz CT molecular complexity index is 1100. The fraction of sp³-hybridized carbons (Fsp3) is 0.0500. The fourth-order valence-corrected chi connectivity index (χ4v) is 3.60. The summed E-state index contributed by atoms with van der Waals surface area (Å²) in [7, 11) is 0. The van der Waals surface area contributed by atoms with Crippen LogP contribution in [-0.4, -0.2) is 15.8 Å². The van der Waals surface area contributed by atoms with Gasteiger partial charge in [-0.2, -0.15) is 0 Å². The Morgan fingerprint density at radius 3 is 2.24 bits per heavy atom. The zero-order valence-corrected chi connectivity index (χ0v) is 16.0. The van der Waals surface area contributed by atoms with Crippen molar-refractivity contribution < 1.29 is 14.6 Å². The molecule has 3 aromatic rings. The number of nitro benzene ring substituents is 2. The molecule has 0 bridgehead atoms. The van der Waals surface area contributed by atoms with Crippen molar-refractivity contribution in [3.05, 3.63) is 98.1 Å².